The van der Waals surface area contributed by atoms with Crippen molar-refractivity contribution in [3.63, 3.8) is 0 Å². The van der Waals surface area contributed by atoms with Crippen molar-refractivity contribution in [3.8, 4) is 0 Å². The first-order chi connectivity index (χ1) is 11.2. The molecule has 0 bridgehead atoms. The maximum atomic E-state index is 4.61. The van der Waals surface area contributed by atoms with Gasteiger partial charge in [0, 0.05) is 13.2 Å². The zero-order valence-corrected chi connectivity index (χ0v) is 12.9. The number of fused-ring (bicyclic) bond motifs is 2. The van der Waals surface area contributed by atoms with Crippen LogP contribution in [0.1, 0.15) is 11.5 Å². The molecule has 0 spiro atoms. The van der Waals surface area contributed by atoms with E-state index in [1.807, 2.05) is 42.8 Å². The molecule has 0 fully saturated rings. The highest BCUT2D eigenvalue weighted by Crippen LogP contribution is 2.23. The van der Waals surface area contributed by atoms with Gasteiger partial charge in [-0.3, -0.25) is 4.98 Å². The molecule has 0 atom stereocenters. The van der Waals surface area contributed by atoms with E-state index in [0.29, 0.717) is 12.2 Å². The maximum Gasteiger partial charge on any atom is 0.167 e. The van der Waals surface area contributed by atoms with Crippen LogP contribution in [0, 0.1) is 6.92 Å². The number of pyridine rings is 2. The van der Waals surface area contributed by atoms with E-state index in [9.17, 15) is 0 Å². The molecule has 0 aliphatic heterocycles. The largest absolute Gasteiger partial charge is 0.364 e. The topological polar surface area (TPSA) is 81.4 Å². The molecule has 0 aliphatic rings. The first-order valence-corrected chi connectivity index (χ1v) is 7.31. The van der Waals surface area contributed by atoms with E-state index in [-0.39, 0.29) is 0 Å². The molecule has 7 nitrogen and oxygen atoms in total. The van der Waals surface area contributed by atoms with Crippen LogP contribution in [-0.4, -0.2) is 29.5 Å². The summed E-state index contributed by atoms with van der Waals surface area (Å²) >= 11 is 0. The lowest BCUT2D eigenvalue weighted by molar-refractivity contribution is 0.875. The molecule has 1 N–H and O–H groups in total. The minimum Gasteiger partial charge on any atom is -0.364 e. The van der Waals surface area contributed by atoms with Gasteiger partial charge in [0.15, 0.2) is 11.3 Å². The monoisotopic (exact) mass is 305 g/mol. The average Bonchev–Trinajstić information content (AvgIpc) is 2.86. The normalized spacial score (nSPS) is 11.2. The second kappa shape index (κ2) is 5.28. The van der Waals surface area contributed by atoms with Crippen molar-refractivity contribution >= 4 is 28.0 Å². The molecule has 4 rings (SSSR count). The Balaban J connectivity index is 1.77. The molecule has 23 heavy (non-hydrogen) atoms. The van der Waals surface area contributed by atoms with E-state index >= 15 is 0 Å². The van der Waals surface area contributed by atoms with Crippen LogP contribution < -0.4 is 5.32 Å². The number of nitrogens with one attached hydrogen (secondary N) is 1. The maximum absolute atomic E-state index is 4.61. The van der Waals surface area contributed by atoms with E-state index in [1.165, 1.54) is 6.33 Å². The molecule has 0 saturated carbocycles. The summed E-state index contributed by atoms with van der Waals surface area (Å²) in [4.78, 5) is 22.0. The summed E-state index contributed by atoms with van der Waals surface area (Å²) in [5, 5.41) is 4.16. The molecular formula is C16H15N7. The van der Waals surface area contributed by atoms with Gasteiger partial charge in [0.2, 0.25) is 0 Å². The van der Waals surface area contributed by atoms with Crippen LogP contribution in [0.15, 0.2) is 36.8 Å². The smallest absolute Gasteiger partial charge is 0.167 e. The zero-order valence-electron chi connectivity index (χ0n) is 12.9. The number of aromatic nitrogens is 6. The van der Waals surface area contributed by atoms with Gasteiger partial charge in [-0.2, -0.15) is 0 Å². The van der Waals surface area contributed by atoms with Crippen LogP contribution in [0.4, 0.5) is 5.82 Å². The Kier molecular flexibility index (Phi) is 3.11. The van der Waals surface area contributed by atoms with Crippen LogP contribution in [0.3, 0.4) is 0 Å². The number of rotatable bonds is 3. The van der Waals surface area contributed by atoms with Gasteiger partial charge < -0.3 is 9.88 Å². The number of imidazole rings is 1. The lowest BCUT2D eigenvalue weighted by Gasteiger charge is -2.07. The predicted molar refractivity (Wildman–Crippen MR) is 87.9 cm³/mol. The minimum atomic E-state index is 0.590. The first kappa shape index (κ1) is 13.6. The quantitative estimate of drug-likeness (QED) is 0.625. The fourth-order valence-corrected chi connectivity index (χ4v) is 2.52. The van der Waals surface area contributed by atoms with E-state index in [2.05, 4.69) is 30.2 Å². The SMILES string of the molecule is Cc1nc2cc3c(NCc4ccccn4)ncnc3nc2n1C. The summed E-state index contributed by atoms with van der Waals surface area (Å²) < 4.78 is 1.96. The van der Waals surface area contributed by atoms with Crippen molar-refractivity contribution in [2.75, 3.05) is 5.32 Å². The molecule has 7 heteroatoms. The molecule has 0 aliphatic carbocycles. The second-order valence-corrected chi connectivity index (χ2v) is 5.32. The summed E-state index contributed by atoms with van der Waals surface area (Å²) in [7, 11) is 1.95. The lowest BCUT2D eigenvalue weighted by Crippen LogP contribution is -2.04. The predicted octanol–water partition coefficient (Wildman–Crippen LogP) is 2.23. The lowest BCUT2D eigenvalue weighted by atomic mass is 10.3. The summed E-state index contributed by atoms with van der Waals surface area (Å²) in [6.07, 6.45) is 3.29. The van der Waals surface area contributed by atoms with E-state index < -0.39 is 0 Å². The van der Waals surface area contributed by atoms with E-state index in [1.54, 1.807) is 6.20 Å². The van der Waals surface area contributed by atoms with Crippen LogP contribution >= 0.6 is 0 Å². The molecular weight excluding hydrogens is 290 g/mol. The fourth-order valence-electron chi connectivity index (χ4n) is 2.52. The third kappa shape index (κ3) is 2.36. The molecule has 4 aromatic rings. The van der Waals surface area contributed by atoms with Gasteiger partial charge in [0.25, 0.3) is 0 Å². The van der Waals surface area contributed by atoms with Crippen LogP contribution in [-0.2, 0) is 13.6 Å². The second-order valence-electron chi connectivity index (χ2n) is 5.32. The molecule has 4 aromatic heterocycles. The molecule has 0 radical (unpaired) electrons. The summed E-state index contributed by atoms with van der Waals surface area (Å²) in [6.45, 7) is 2.55. The summed E-state index contributed by atoms with van der Waals surface area (Å²) in [5.74, 6) is 1.65. The van der Waals surface area contributed by atoms with Crippen molar-refractivity contribution in [2.24, 2.45) is 7.05 Å². The molecule has 114 valence electrons. The molecule has 4 heterocycles. The van der Waals surface area contributed by atoms with Gasteiger partial charge in [-0.1, -0.05) is 6.07 Å². The Hall–Kier alpha value is -3.09. The molecule has 0 amide bonds. The average molecular weight is 305 g/mol. The highest BCUT2D eigenvalue weighted by atomic mass is 15.1. The summed E-state index contributed by atoms with van der Waals surface area (Å²) in [6, 6.07) is 7.80. The van der Waals surface area contributed by atoms with Crippen molar-refractivity contribution in [1.29, 1.82) is 0 Å². The fraction of sp³-hybridized carbons (Fsp3) is 0.188. The Morgan fingerprint density at radius 2 is 2.04 bits per heavy atom. The number of aryl methyl sites for hydroxylation is 2. The van der Waals surface area contributed by atoms with Crippen LogP contribution in [0.5, 0.6) is 0 Å². The van der Waals surface area contributed by atoms with Crippen LogP contribution in [0.2, 0.25) is 0 Å². The van der Waals surface area contributed by atoms with Crippen LogP contribution in [0.25, 0.3) is 22.2 Å². The van der Waals surface area contributed by atoms with Crippen molar-refractivity contribution in [1.82, 2.24) is 29.5 Å². The van der Waals surface area contributed by atoms with Gasteiger partial charge in [-0.05, 0) is 25.1 Å². The Morgan fingerprint density at radius 1 is 1.13 bits per heavy atom. The molecule has 0 unspecified atom stereocenters. The van der Waals surface area contributed by atoms with Crippen molar-refractivity contribution in [2.45, 2.75) is 13.5 Å². The van der Waals surface area contributed by atoms with E-state index in [0.717, 1.165) is 33.9 Å². The zero-order chi connectivity index (χ0) is 15.8. The van der Waals surface area contributed by atoms with Gasteiger partial charge in [0.05, 0.1) is 17.6 Å². The van der Waals surface area contributed by atoms with Gasteiger partial charge >= 0.3 is 0 Å². The van der Waals surface area contributed by atoms with Crippen molar-refractivity contribution in [3.05, 3.63) is 48.3 Å². The third-order valence-corrected chi connectivity index (χ3v) is 3.83. The van der Waals surface area contributed by atoms with Gasteiger partial charge in [-0.15, -0.1) is 0 Å². The number of anilines is 1. The van der Waals surface area contributed by atoms with Gasteiger partial charge in [-0.25, -0.2) is 19.9 Å². The third-order valence-electron chi connectivity index (χ3n) is 3.83. The number of hydrogen-bond acceptors (Lipinski definition) is 6. The highest BCUT2D eigenvalue weighted by Gasteiger charge is 2.11. The Labute approximate surface area is 132 Å². The summed E-state index contributed by atoms with van der Waals surface area (Å²) in [5.41, 5.74) is 3.26. The first-order valence-electron chi connectivity index (χ1n) is 7.31. The molecule has 0 aromatic carbocycles. The highest BCUT2D eigenvalue weighted by molar-refractivity contribution is 5.94. The number of nitrogens with zero attached hydrogens (tertiary/aromatic N) is 6. The van der Waals surface area contributed by atoms with E-state index in [4.69, 9.17) is 0 Å². The Morgan fingerprint density at radius 3 is 2.87 bits per heavy atom. The van der Waals surface area contributed by atoms with Gasteiger partial charge in [0.1, 0.15) is 23.5 Å². The number of hydrogen-bond donors (Lipinski definition) is 1. The van der Waals surface area contributed by atoms with Crippen molar-refractivity contribution < 1.29 is 0 Å². The standard InChI is InChI=1S/C16H15N7/c1-10-21-13-7-12-14(18-8-11-5-3-4-6-17-11)19-9-20-15(12)22-16(13)23(10)2/h3-7,9H,8H2,1-2H3,(H,18,19,20,22). The Bertz CT molecular complexity index is 992. The minimum absolute atomic E-state index is 0.590. The molecule has 0 saturated heterocycles.